The van der Waals surface area contributed by atoms with Gasteiger partial charge in [-0.1, -0.05) is 15.9 Å². The summed E-state index contributed by atoms with van der Waals surface area (Å²) in [5, 5.41) is 10.5. The highest BCUT2D eigenvalue weighted by Gasteiger charge is 2.04. The Morgan fingerprint density at radius 1 is 1.21 bits per heavy atom. The quantitative estimate of drug-likeness (QED) is 0.625. The monoisotopic (exact) mass is 321 g/mol. The van der Waals surface area contributed by atoms with E-state index in [0.29, 0.717) is 6.61 Å². The Labute approximate surface area is 119 Å². The van der Waals surface area contributed by atoms with Gasteiger partial charge < -0.3 is 4.74 Å². The van der Waals surface area contributed by atoms with Gasteiger partial charge in [0.05, 0.1) is 4.92 Å². The van der Waals surface area contributed by atoms with Crippen LogP contribution in [-0.4, -0.2) is 4.92 Å². The lowest BCUT2D eigenvalue weighted by Gasteiger charge is -2.07. The van der Waals surface area contributed by atoms with Crippen molar-refractivity contribution >= 4 is 21.6 Å². The summed E-state index contributed by atoms with van der Waals surface area (Å²) in [7, 11) is 0. The number of nitrogens with zero attached hydrogens (tertiary/aromatic N) is 1. The average Bonchev–Trinajstić information content (AvgIpc) is 2.40. The van der Waals surface area contributed by atoms with Gasteiger partial charge in [-0.2, -0.15) is 0 Å². The number of nitro groups is 1. The van der Waals surface area contributed by atoms with Crippen molar-refractivity contribution in [3.63, 3.8) is 0 Å². The summed E-state index contributed by atoms with van der Waals surface area (Å²) < 4.78 is 6.67. The van der Waals surface area contributed by atoms with Crippen LogP contribution in [0, 0.1) is 17.0 Å². The van der Waals surface area contributed by atoms with Gasteiger partial charge in [0.15, 0.2) is 0 Å². The third kappa shape index (κ3) is 3.54. The van der Waals surface area contributed by atoms with Gasteiger partial charge in [-0.05, 0) is 48.4 Å². The van der Waals surface area contributed by atoms with Crippen LogP contribution >= 0.6 is 15.9 Å². The molecule has 4 nitrogen and oxygen atoms in total. The second-order valence-corrected chi connectivity index (χ2v) is 4.98. The molecule has 0 fully saturated rings. The van der Waals surface area contributed by atoms with E-state index in [-0.39, 0.29) is 5.69 Å². The van der Waals surface area contributed by atoms with Crippen LogP contribution in [0.1, 0.15) is 11.1 Å². The van der Waals surface area contributed by atoms with Gasteiger partial charge in [0.1, 0.15) is 12.4 Å². The molecular weight excluding hydrogens is 310 g/mol. The molecule has 0 aliphatic carbocycles. The fraction of sp³-hybridized carbons (Fsp3) is 0.143. The van der Waals surface area contributed by atoms with E-state index < -0.39 is 4.92 Å². The van der Waals surface area contributed by atoms with Gasteiger partial charge in [0.2, 0.25) is 0 Å². The minimum absolute atomic E-state index is 0.0863. The largest absolute Gasteiger partial charge is 0.489 e. The fourth-order valence-electron chi connectivity index (χ4n) is 1.59. The molecule has 0 saturated heterocycles. The second kappa shape index (κ2) is 5.84. The Balaban J connectivity index is 2.01. The van der Waals surface area contributed by atoms with Crippen LogP contribution < -0.4 is 4.74 Å². The van der Waals surface area contributed by atoms with Crippen molar-refractivity contribution in [3.8, 4) is 5.75 Å². The Morgan fingerprint density at radius 2 is 1.89 bits per heavy atom. The van der Waals surface area contributed by atoms with Crippen LogP contribution in [0.3, 0.4) is 0 Å². The predicted octanol–water partition coefficient (Wildman–Crippen LogP) is 4.24. The highest BCUT2D eigenvalue weighted by molar-refractivity contribution is 9.10. The number of non-ortho nitro benzene ring substituents is 1. The zero-order chi connectivity index (χ0) is 13.8. The van der Waals surface area contributed by atoms with Crippen LogP contribution in [0.2, 0.25) is 0 Å². The maximum atomic E-state index is 10.5. The van der Waals surface area contributed by atoms with Gasteiger partial charge in [0.25, 0.3) is 5.69 Å². The summed E-state index contributed by atoms with van der Waals surface area (Å²) in [4.78, 5) is 10.1. The van der Waals surface area contributed by atoms with E-state index in [1.54, 1.807) is 12.1 Å². The summed E-state index contributed by atoms with van der Waals surface area (Å²) in [6.07, 6.45) is 0. The van der Waals surface area contributed by atoms with Crippen molar-refractivity contribution in [1.82, 2.24) is 0 Å². The first kappa shape index (κ1) is 13.5. The van der Waals surface area contributed by atoms with E-state index in [9.17, 15) is 10.1 Å². The number of rotatable bonds is 4. The zero-order valence-electron chi connectivity index (χ0n) is 10.3. The first-order chi connectivity index (χ1) is 9.06. The standard InChI is InChI=1S/C14H12BrNO3/c1-10-8-13(6-7-14(10)15)19-9-11-2-4-12(5-3-11)16(17)18/h2-8H,9H2,1H3. The van der Waals surface area contributed by atoms with E-state index in [0.717, 1.165) is 21.3 Å². The fourth-order valence-corrected chi connectivity index (χ4v) is 1.83. The molecule has 0 heterocycles. The minimum atomic E-state index is -0.414. The third-order valence-corrected chi connectivity index (χ3v) is 3.57. The normalized spacial score (nSPS) is 10.2. The SMILES string of the molecule is Cc1cc(OCc2ccc([N+](=O)[O-])cc2)ccc1Br. The first-order valence-corrected chi connectivity index (χ1v) is 6.48. The van der Waals surface area contributed by atoms with Crippen LogP contribution in [0.15, 0.2) is 46.9 Å². The molecule has 0 unspecified atom stereocenters. The third-order valence-electron chi connectivity index (χ3n) is 2.68. The van der Waals surface area contributed by atoms with Crippen molar-refractivity contribution < 1.29 is 9.66 Å². The molecule has 0 aliphatic heterocycles. The molecular formula is C14H12BrNO3. The van der Waals surface area contributed by atoms with Crippen molar-refractivity contribution in [2.75, 3.05) is 0 Å². The van der Waals surface area contributed by atoms with E-state index in [4.69, 9.17) is 4.74 Å². The molecule has 0 amide bonds. The maximum absolute atomic E-state index is 10.5. The number of nitro benzene ring substituents is 1. The zero-order valence-corrected chi connectivity index (χ0v) is 11.9. The number of halogens is 1. The van der Waals surface area contributed by atoms with E-state index in [2.05, 4.69) is 15.9 Å². The lowest BCUT2D eigenvalue weighted by atomic mass is 10.2. The molecule has 5 heteroatoms. The predicted molar refractivity (Wildman–Crippen MR) is 76.3 cm³/mol. The van der Waals surface area contributed by atoms with Crippen LogP contribution in [0.4, 0.5) is 5.69 Å². The highest BCUT2D eigenvalue weighted by atomic mass is 79.9. The molecule has 2 aromatic rings. The van der Waals surface area contributed by atoms with Crippen LogP contribution in [0.25, 0.3) is 0 Å². The molecule has 0 aliphatic rings. The van der Waals surface area contributed by atoms with Gasteiger partial charge in [-0.25, -0.2) is 0 Å². The Kier molecular flexibility index (Phi) is 4.16. The Morgan fingerprint density at radius 3 is 2.47 bits per heavy atom. The van der Waals surface area contributed by atoms with Crippen molar-refractivity contribution in [1.29, 1.82) is 0 Å². The molecule has 19 heavy (non-hydrogen) atoms. The summed E-state index contributed by atoms with van der Waals surface area (Å²) >= 11 is 3.43. The van der Waals surface area contributed by atoms with Crippen molar-refractivity contribution in [2.45, 2.75) is 13.5 Å². The van der Waals surface area contributed by atoms with Crippen LogP contribution in [-0.2, 0) is 6.61 Å². The molecule has 98 valence electrons. The molecule has 0 radical (unpaired) electrons. The second-order valence-electron chi connectivity index (χ2n) is 4.12. The molecule has 0 saturated carbocycles. The maximum Gasteiger partial charge on any atom is 0.269 e. The Bertz CT molecular complexity index is 596. The number of benzene rings is 2. The van der Waals surface area contributed by atoms with E-state index in [1.807, 2.05) is 25.1 Å². The number of aryl methyl sites for hydroxylation is 1. The summed E-state index contributed by atoms with van der Waals surface area (Å²) in [6, 6.07) is 12.1. The van der Waals surface area contributed by atoms with E-state index in [1.165, 1.54) is 12.1 Å². The topological polar surface area (TPSA) is 52.4 Å². The molecule has 0 atom stereocenters. The van der Waals surface area contributed by atoms with Gasteiger partial charge in [-0.3, -0.25) is 10.1 Å². The number of hydrogen-bond acceptors (Lipinski definition) is 3. The van der Waals surface area contributed by atoms with E-state index >= 15 is 0 Å². The highest BCUT2D eigenvalue weighted by Crippen LogP contribution is 2.22. The smallest absolute Gasteiger partial charge is 0.269 e. The van der Waals surface area contributed by atoms with Crippen molar-refractivity contribution in [2.24, 2.45) is 0 Å². The lowest BCUT2D eigenvalue weighted by molar-refractivity contribution is -0.384. The van der Waals surface area contributed by atoms with Gasteiger partial charge in [0, 0.05) is 16.6 Å². The molecule has 0 bridgehead atoms. The lowest BCUT2D eigenvalue weighted by Crippen LogP contribution is -1.96. The van der Waals surface area contributed by atoms with Gasteiger partial charge >= 0.3 is 0 Å². The van der Waals surface area contributed by atoms with Crippen molar-refractivity contribution in [3.05, 3.63) is 68.2 Å². The van der Waals surface area contributed by atoms with Crippen LogP contribution in [0.5, 0.6) is 5.75 Å². The Hall–Kier alpha value is -1.88. The average molecular weight is 322 g/mol. The number of ether oxygens (including phenoxy) is 1. The first-order valence-electron chi connectivity index (χ1n) is 5.68. The number of hydrogen-bond donors (Lipinski definition) is 0. The molecule has 2 rings (SSSR count). The summed E-state index contributed by atoms with van der Waals surface area (Å²) in [5.41, 5.74) is 2.08. The minimum Gasteiger partial charge on any atom is -0.489 e. The van der Waals surface area contributed by atoms with Gasteiger partial charge in [-0.15, -0.1) is 0 Å². The molecule has 0 aromatic heterocycles. The molecule has 2 aromatic carbocycles. The molecule has 0 spiro atoms. The summed E-state index contributed by atoms with van der Waals surface area (Å²) in [6.45, 7) is 2.38. The summed E-state index contributed by atoms with van der Waals surface area (Å²) in [5.74, 6) is 0.777. The molecule has 0 N–H and O–H groups in total.